The van der Waals surface area contributed by atoms with Gasteiger partial charge in [0.1, 0.15) is 5.78 Å². The number of hydrogen-bond acceptors (Lipinski definition) is 1. The molecule has 0 aliphatic carbocycles. The lowest BCUT2D eigenvalue weighted by Crippen LogP contribution is -2.18. The summed E-state index contributed by atoms with van der Waals surface area (Å²) in [5.41, 5.74) is 4.66. The van der Waals surface area contributed by atoms with Crippen LogP contribution in [0.3, 0.4) is 0 Å². The van der Waals surface area contributed by atoms with E-state index in [2.05, 4.69) is 59.7 Å². The molecule has 0 aliphatic heterocycles. The normalized spacial score (nSPS) is 12.3. The zero-order valence-electron chi connectivity index (χ0n) is 16.2. The van der Waals surface area contributed by atoms with E-state index >= 15 is 0 Å². The molecule has 2 heteroatoms. The van der Waals surface area contributed by atoms with Crippen molar-refractivity contribution >= 4 is 17.4 Å². The van der Waals surface area contributed by atoms with Crippen molar-refractivity contribution in [2.24, 2.45) is 0 Å². The molecule has 2 rings (SSSR count). The van der Waals surface area contributed by atoms with E-state index in [9.17, 15) is 4.79 Å². The second kappa shape index (κ2) is 7.33. The van der Waals surface area contributed by atoms with E-state index in [0.29, 0.717) is 17.9 Å². The van der Waals surface area contributed by atoms with Gasteiger partial charge in [0.2, 0.25) is 0 Å². The molecule has 25 heavy (non-hydrogen) atoms. The summed E-state index contributed by atoms with van der Waals surface area (Å²) < 4.78 is 0. The fraction of sp³-hybridized carbons (Fsp3) is 0.435. The van der Waals surface area contributed by atoms with E-state index in [-0.39, 0.29) is 16.6 Å². The topological polar surface area (TPSA) is 17.1 Å². The first-order chi connectivity index (χ1) is 11.5. The highest BCUT2D eigenvalue weighted by atomic mass is 35.5. The van der Waals surface area contributed by atoms with Gasteiger partial charge in [-0.2, -0.15) is 0 Å². The summed E-state index contributed by atoms with van der Waals surface area (Å²) >= 11 is 6.19. The third-order valence-corrected chi connectivity index (χ3v) is 4.84. The van der Waals surface area contributed by atoms with Crippen LogP contribution in [0.15, 0.2) is 42.5 Å². The van der Waals surface area contributed by atoms with Gasteiger partial charge in [-0.15, -0.1) is 0 Å². The molecule has 0 spiro atoms. The molecule has 0 saturated carbocycles. The maximum Gasteiger partial charge on any atom is 0.141 e. The first-order valence-corrected chi connectivity index (χ1v) is 9.24. The second-order valence-corrected chi connectivity index (χ2v) is 9.31. The van der Waals surface area contributed by atoms with Crippen molar-refractivity contribution in [1.82, 2.24) is 0 Å². The van der Waals surface area contributed by atoms with Crippen molar-refractivity contribution in [2.45, 2.75) is 65.2 Å². The van der Waals surface area contributed by atoms with Crippen molar-refractivity contribution in [3.8, 4) is 0 Å². The van der Waals surface area contributed by atoms with Gasteiger partial charge in [-0.3, -0.25) is 4.79 Å². The highest BCUT2D eigenvalue weighted by molar-refractivity contribution is 6.31. The minimum atomic E-state index is 0.0573. The summed E-state index contributed by atoms with van der Waals surface area (Å²) in [4.78, 5) is 12.6. The molecule has 0 N–H and O–H groups in total. The Balaban J connectivity index is 2.29. The predicted molar refractivity (Wildman–Crippen MR) is 108 cm³/mol. The number of carbonyl (C=O) groups excluding carboxylic acids is 1. The van der Waals surface area contributed by atoms with E-state index in [1.165, 1.54) is 11.1 Å². The molecular weight excluding hydrogens is 328 g/mol. The second-order valence-electron chi connectivity index (χ2n) is 8.90. The zero-order chi connectivity index (χ0) is 18.8. The number of Topliss-reactive ketones (excluding diaryl/α,β-unsaturated/α-hetero) is 1. The third-order valence-electron chi connectivity index (χ3n) is 4.47. The van der Waals surface area contributed by atoms with Crippen LogP contribution in [0.25, 0.3) is 0 Å². The molecule has 0 amide bonds. The van der Waals surface area contributed by atoms with Crippen LogP contribution < -0.4 is 0 Å². The third kappa shape index (κ3) is 5.44. The van der Waals surface area contributed by atoms with Crippen LogP contribution in [0.2, 0.25) is 5.02 Å². The smallest absolute Gasteiger partial charge is 0.141 e. The van der Waals surface area contributed by atoms with Gasteiger partial charge in [0.05, 0.1) is 0 Å². The van der Waals surface area contributed by atoms with Gasteiger partial charge in [-0.05, 0) is 39.2 Å². The Labute approximate surface area is 157 Å². The Morgan fingerprint density at radius 2 is 1.36 bits per heavy atom. The molecule has 0 atom stereocenters. The summed E-state index contributed by atoms with van der Waals surface area (Å²) in [6.07, 6.45) is 0.822. The predicted octanol–water partition coefficient (Wildman–Crippen LogP) is 6.29. The van der Waals surface area contributed by atoms with Crippen molar-refractivity contribution in [2.75, 3.05) is 0 Å². The van der Waals surface area contributed by atoms with Crippen molar-refractivity contribution in [3.63, 3.8) is 0 Å². The minimum absolute atomic E-state index is 0.0573. The quantitative estimate of drug-likeness (QED) is 0.629. The number of halogens is 1. The Morgan fingerprint density at radius 3 is 1.84 bits per heavy atom. The maximum atomic E-state index is 12.6. The van der Waals surface area contributed by atoms with E-state index in [1.807, 2.05) is 24.3 Å². The van der Waals surface area contributed by atoms with Crippen LogP contribution in [-0.2, 0) is 28.5 Å². The van der Waals surface area contributed by atoms with Crippen molar-refractivity contribution in [3.05, 3.63) is 69.7 Å². The number of hydrogen-bond donors (Lipinski definition) is 0. The fourth-order valence-corrected chi connectivity index (χ4v) is 3.01. The van der Waals surface area contributed by atoms with Gasteiger partial charge < -0.3 is 0 Å². The molecule has 0 aromatic heterocycles. The molecule has 134 valence electrons. The minimum Gasteiger partial charge on any atom is -0.299 e. The van der Waals surface area contributed by atoms with E-state index in [1.54, 1.807) is 0 Å². The van der Waals surface area contributed by atoms with Crippen LogP contribution in [0.5, 0.6) is 0 Å². The lowest BCUT2D eigenvalue weighted by molar-refractivity contribution is -0.117. The molecule has 0 unspecified atom stereocenters. The maximum absolute atomic E-state index is 12.6. The highest BCUT2D eigenvalue weighted by Crippen LogP contribution is 2.30. The molecule has 0 saturated heterocycles. The number of carbonyl (C=O) groups is 1. The first-order valence-electron chi connectivity index (χ1n) is 8.87. The molecule has 0 radical (unpaired) electrons. The van der Waals surface area contributed by atoms with Crippen LogP contribution in [0.4, 0.5) is 0 Å². The Bertz CT molecular complexity index is 728. The molecule has 1 nitrogen and oxygen atoms in total. The van der Waals surface area contributed by atoms with E-state index in [0.717, 1.165) is 11.1 Å². The van der Waals surface area contributed by atoms with Gasteiger partial charge >= 0.3 is 0 Å². The lowest BCUT2D eigenvalue weighted by Gasteiger charge is -2.26. The average molecular weight is 357 g/mol. The van der Waals surface area contributed by atoms with Gasteiger partial charge in [0, 0.05) is 17.9 Å². The standard InChI is InChI=1S/C23H29ClO/c1-22(2,3)18-11-16(12-19(15-18)23(4,5)6)13-20(25)14-17-9-7-8-10-21(17)24/h7-12,15H,13-14H2,1-6H3. The lowest BCUT2D eigenvalue weighted by atomic mass is 9.79. The molecule has 0 bridgehead atoms. The van der Waals surface area contributed by atoms with Gasteiger partial charge in [0.15, 0.2) is 0 Å². The van der Waals surface area contributed by atoms with Gasteiger partial charge in [-0.1, -0.05) is 89.5 Å². The molecule has 0 heterocycles. The van der Waals surface area contributed by atoms with Gasteiger partial charge in [0.25, 0.3) is 0 Å². The Kier molecular flexibility index (Phi) is 5.79. The Morgan fingerprint density at radius 1 is 0.840 bits per heavy atom. The summed E-state index contributed by atoms with van der Waals surface area (Å²) in [6.45, 7) is 13.3. The SMILES string of the molecule is CC(C)(C)c1cc(CC(=O)Cc2ccccc2Cl)cc(C(C)(C)C)c1. The summed E-state index contributed by atoms with van der Waals surface area (Å²) in [7, 11) is 0. The Hall–Kier alpha value is -1.60. The number of benzene rings is 2. The molecule has 2 aromatic carbocycles. The van der Waals surface area contributed by atoms with Crippen LogP contribution in [-0.4, -0.2) is 5.78 Å². The molecular formula is C23H29ClO. The fourth-order valence-electron chi connectivity index (χ4n) is 2.80. The monoisotopic (exact) mass is 356 g/mol. The van der Waals surface area contributed by atoms with Gasteiger partial charge in [-0.25, -0.2) is 0 Å². The van der Waals surface area contributed by atoms with Crippen molar-refractivity contribution in [1.29, 1.82) is 0 Å². The van der Waals surface area contributed by atoms with Crippen LogP contribution >= 0.6 is 11.6 Å². The van der Waals surface area contributed by atoms with E-state index < -0.39 is 0 Å². The summed E-state index contributed by atoms with van der Waals surface area (Å²) in [5.74, 6) is 0.194. The molecule has 2 aromatic rings. The van der Waals surface area contributed by atoms with Crippen molar-refractivity contribution < 1.29 is 4.79 Å². The summed E-state index contributed by atoms with van der Waals surface area (Å²) in [6, 6.07) is 14.2. The number of rotatable bonds is 4. The summed E-state index contributed by atoms with van der Waals surface area (Å²) in [5, 5.41) is 0.662. The first kappa shape index (κ1) is 19.7. The average Bonchev–Trinajstić information content (AvgIpc) is 2.47. The highest BCUT2D eigenvalue weighted by Gasteiger charge is 2.21. The molecule has 0 fully saturated rings. The number of ketones is 1. The zero-order valence-corrected chi connectivity index (χ0v) is 17.0. The largest absolute Gasteiger partial charge is 0.299 e. The van der Waals surface area contributed by atoms with E-state index in [4.69, 9.17) is 11.6 Å². The van der Waals surface area contributed by atoms with Crippen LogP contribution in [0, 0.1) is 0 Å². The van der Waals surface area contributed by atoms with Crippen LogP contribution in [0.1, 0.15) is 63.8 Å². The molecule has 0 aliphatic rings.